The second kappa shape index (κ2) is 5.16. The highest BCUT2D eigenvalue weighted by Crippen LogP contribution is 2.42. The number of aromatic nitrogens is 2. The van der Waals surface area contributed by atoms with E-state index in [1.807, 2.05) is 16.8 Å². The normalized spacial score (nSPS) is 16.6. The van der Waals surface area contributed by atoms with Gasteiger partial charge in [-0.1, -0.05) is 23.2 Å². The van der Waals surface area contributed by atoms with Crippen molar-refractivity contribution in [2.24, 2.45) is 5.92 Å². The van der Waals surface area contributed by atoms with Crippen molar-refractivity contribution in [3.63, 3.8) is 0 Å². The number of hydrogen-bond acceptors (Lipinski definition) is 2. The molecule has 1 atom stereocenters. The summed E-state index contributed by atoms with van der Waals surface area (Å²) in [6.07, 6.45) is 5.93. The van der Waals surface area contributed by atoms with Crippen molar-refractivity contribution in [1.82, 2.24) is 9.55 Å². The average Bonchev–Trinajstić information content (AvgIpc) is 3.10. The fraction of sp³-hybridized carbons (Fsp3) is 0.357. The third kappa shape index (κ3) is 2.50. The van der Waals surface area contributed by atoms with Crippen molar-refractivity contribution in [2.75, 3.05) is 6.61 Å². The summed E-state index contributed by atoms with van der Waals surface area (Å²) in [5.41, 5.74) is 0.845. The third-order valence-electron chi connectivity index (χ3n) is 3.56. The number of rotatable bonds is 4. The number of aliphatic hydroxyl groups excluding tert-OH is 1. The Hall–Kier alpha value is -1.03. The zero-order valence-corrected chi connectivity index (χ0v) is 11.8. The van der Waals surface area contributed by atoms with E-state index < -0.39 is 0 Å². The van der Waals surface area contributed by atoms with Crippen LogP contribution in [0.5, 0.6) is 0 Å². The first kappa shape index (κ1) is 13.0. The first-order valence-electron chi connectivity index (χ1n) is 6.30. The predicted molar refractivity (Wildman–Crippen MR) is 76.1 cm³/mol. The summed E-state index contributed by atoms with van der Waals surface area (Å²) in [6.45, 7) is 0.118. The van der Waals surface area contributed by atoms with E-state index in [0.29, 0.717) is 16.0 Å². The molecule has 1 saturated carbocycles. The summed E-state index contributed by atoms with van der Waals surface area (Å²) in [7, 11) is 0. The Kier molecular flexibility index (Phi) is 3.52. The lowest BCUT2D eigenvalue weighted by molar-refractivity contribution is 0.247. The Morgan fingerprint density at radius 3 is 2.79 bits per heavy atom. The quantitative estimate of drug-likeness (QED) is 0.935. The fourth-order valence-electron chi connectivity index (χ4n) is 2.41. The molecule has 0 bridgehead atoms. The van der Waals surface area contributed by atoms with Crippen molar-refractivity contribution in [3.8, 4) is 5.69 Å². The van der Waals surface area contributed by atoms with E-state index >= 15 is 0 Å². The predicted octanol–water partition coefficient (Wildman–Crippen LogP) is 3.67. The van der Waals surface area contributed by atoms with Crippen LogP contribution in [0.4, 0.5) is 0 Å². The third-order valence-corrected chi connectivity index (χ3v) is 4.10. The second-order valence-corrected chi connectivity index (χ2v) is 5.72. The van der Waals surface area contributed by atoms with Gasteiger partial charge in [-0.3, -0.25) is 0 Å². The minimum atomic E-state index is 0.0849. The van der Waals surface area contributed by atoms with Crippen molar-refractivity contribution in [3.05, 3.63) is 46.5 Å². The molecule has 1 aromatic heterocycles. The van der Waals surface area contributed by atoms with Gasteiger partial charge in [0.2, 0.25) is 0 Å². The fourth-order valence-corrected chi connectivity index (χ4v) is 2.91. The van der Waals surface area contributed by atoms with E-state index in [0.717, 1.165) is 24.4 Å². The zero-order chi connectivity index (χ0) is 13.4. The van der Waals surface area contributed by atoms with E-state index in [9.17, 15) is 5.11 Å². The summed E-state index contributed by atoms with van der Waals surface area (Å²) in [4.78, 5) is 4.40. The smallest absolute Gasteiger partial charge is 0.118 e. The summed E-state index contributed by atoms with van der Waals surface area (Å²) in [5.74, 6) is 1.49. The maximum Gasteiger partial charge on any atom is 0.118 e. The van der Waals surface area contributed by atoms with Crippen LogP contribution < -0.4 is 0 Å². The van der Waals surface area contributed by atoms with Gasteiger partial charge in [-0.25, -0.2) is 4.98 Å². The molecule has 5 heteroatoms. The minimum absolute atomic E-state index is 0.0849. The van der Waals surface area contributed by atoms with Gasteiger partial charge < -0.3 is 9.67 Å². The molecule has 1 aliphatic carbocycles. The maximum atomic E-state index is 9.59. The van der Waals surface area contributed by atoms with Gasteiger partial charge >= 0.3 is 0 Å². The summed E-state index contributed by atoms with van der Waals surface area (Å²) < 4.78 is 1.94. The molecule has 1 fully saturated rings. The van der Waals surface area contributed by atoms with E-state index in [-0.39, 0.29) is 12.5 Å². The largest absolute Gasteiger partial charge is 0.396 e. The van der Waals surface area contributed by atoms with Crippen molar-refractivity contribution >= 4 is 23.2 Å². The molecule has 1 heterocycles. The summed E-state index contributed by atoms with van der Waals surface area (Å²) >= 11 is 12.2. The highest BCUT2D eigenvalue weighted by molar-refractivity contribution is 6.35. The van der Waals surface area contributed by atoms with Crippen molar-refractivity contribution < 1.29 is 5.11 Å². The first-order valence-corrected chi connectivity index (χ1v) is 7.06. The lowest BCUT2D eigenvalue weighted by Gasteiger charge is -2.16. The highest BCUT2D eigenvalue weighted by Gasteiger charge is 2.34. The Morgan fingerprint density at radius 1 is 1.37 bits per heavy atom. The Morgan fingerprint density at radius 2 is 2.16 bits per heavy atom. The molecule has 1 unspecified atom stereocenters. The van der Waals surface area contributed by atoms with Crippen molar-refractivity contribution in [2.45, 2.75) is 18.8 Å². The molecule has 0 amide bonds. The lowest BCUT2D eigenvalue weighted by atomic mass is 10.0. The molecule has 2 aromatic rings. The van der Waals surface area contributed by atoms with Crippen LogP contribution in [0.15, 0.2) is 30.6 Å². The van der Waals surface area contributed by atoms with Crippen LogP contribution in [0.1, 0.15) is 24.6 Å². The van der Waals surface area contributed by atoms with Crippen LogP contribution in [-0.2, 0) is 0 Å². The van der Waals surface area contributed by atoms with Crippen LogP contribution in [0.3, 0.4) is 0 Å². The molecule has 3 rings (SSSR count). The van der Waals surface area contributed by atoms with Gasteiger partial charge in [-0.15, -0.1) is 0 Å². The molecule has 0 saturated heterocycles. The number of imidazole rings is 1. The monoisotopic (exact) mass is 296 g/mol. The van der Waals surface area contributed by atoms with E-state index in [4.69, 9.17) is 23.2 Å². The Bertz CT molecular complexity index is 593. The zero-order valence-electron chi connectivity index (χ0n) is 10.3. The topological polar surface area (TPSA) is 38.1 Å². The van der Waals surface area contributed by atoms with Gasteiger partial charge in [-0.2, -0.15) is 0 Å². The van der Waals surface area contributed by atoms with Gasteiger partial charge in [-0.05, 0) is 37.0 Å². The van der Waals surface area contributed by atoms with Gasteiger partial charge in [0.25, 0.3) is 0 Å². The first-order chi connectivity index (χ1) is 9.20. The highest BCUT2D eigenvalue weighted by atomic mass is 35.5. The average molecular weight is 297 g/mol. The van der Waals surface area contributed by atoms with E-state index in [2.05, 4.69) is 4.98 Å². The van der Waals surface area contributed by atoms with E-state index in [1.165, 1.54) is 0 Å². The summed E-state index contributed by atoms with van der Waals surface area (Å²) in [6, 6.07) is 5.39. The van der Waals surface area contributed by atoms with Crippen molar-refractivity contribution in [1.29, 1.82) is 0 Å². The van der Waals surface area contributed by atoms with Crippen LogP contribution in [0.2, 0.25) is 10.0 Å². The van der Waals surface area contributed by atoms with E-state index in [1.54, 1.807) is 18.3 Å². The minimum Gasteiger partial charge on any atom is -0.396 e. The number of benzene rings is 1. The lowest BCUT2D eigenvalue weighted by Crippen LogP contribution is -2.13. The molecule has 0 spiro atoms. The molecule has 0 radical (unpaired) electrons. The Balaban J connectivity index is 2.03. The molecular formula is C14H14Cl2N2O. The second-order valence-electron chi connectivity index (χ2n) is 4.88. The molecular weight excluding hydrogens is 283 g/mol. The van der Waals surface area contributed by atoms with Crippen LogP contribution in [-0.4, -0.2) is 21.3 Å². The van der Waals surface area contributed by atoms with Gasteiger partial charge in [0.05, 0.1) is 17.3 Å². The summed E-state index contributed by atoms with van der Waals surface area (Å²) in [5, 5.41) is 10.8. The van der Waals surface area contributed by atoms with Crippen LogP contribution in [0, 0.1) is 5.92 Å². The van der Waals surface area contributed by atoms with Gasteiger partial charge in [0, 0.05) is 23.3 Å². The molecule has 1 aliphatic rings. The standard InChI is InChI=1S/C14H14Cl2N2O/c15-10-3-4-13(12(16)7-10)18-6-5-17-14(18)11(8-19)9-1-2-9/h3-7,9,11,19H,1-2,8H2. The van der Waals surface area contributed by atoms with Gasteiger partial charge in [0.15, 0.2) is 0 Å². The van der Waals surface area contributed by atoms with Gasteiger partial charge in [0.1, 0.15) is 5.82 Å². The SMILES string of the molecule is OCC(c1nccn1-c1ccc(Cl)cc1Cl)C1CC1. The molecule has 19 heavy (non-hydrogen) atoms. The number of halogens is 2. The Labute approximate surface area is 121 Å². The van der Waals surface area contributed by atoms with Crippen LogP contribution >= 0.6 is 23.2 Å². The molecule has 0 aliphatic heterocycles. The maximum absolute atomic E-state index is 9.59. The molecule has 3 nitrogen and oxygen atoms in total. The number of aliphatic hydroxyl groups is 1. The number of hydrogen-bond donors (Lipinski definition) is 1. The molecule has 1 aromatic carbocycles. The number of nitrogens with zero attached hydrogens (tertiary/aromatic N) is 2. The van der Waals surface area contributed by atoms with Crippen LogP contribution in [0.25, 0.3) is 5.69 Å². The molecule has 1 N–H and O–H groups in total. The molecule has 100 valence electrons.